The van der Waals surface area contributed by atoms with Crippen molar-refractivity contribution in [2.24, 2.45) is 39.4 Å². The van der Waals surface area contributed by atoms with Crippen LogP contribution >= 0.6 is 0 Å². The maximum absolute atomic E-state index is 13.1. The van der Waals surface area contributed by atoms with E-state index in [9.17, 15) is 9.90 Å². The molecule has 1 N–H and O–H groups in total. The molecule has 0 amide bonds. The van der Waals surface area contributed by atoms with Gasteiger partial charge in [0, 0.05) is 17.3 Å². The first-order valence-corrected chi connectivity index (χ1v) is 9.07. The number of aliphatic hydroxyl groups is 1. The van der Waals surface area contributed by atoms with Crippen molar-refractivity contribution in [2.45, 2.75) is 65.9 Å². The minimum absolute atomic E-state index is 0.0379. The lowest BCUT2D eigenvalue weighted by Crippen LogP contribution is -2.50. The zero-order valence-electron chi connectivity index (χ0n) is 14.5. The fraction of sp³-hybridized carbons (Fsp3) is 0.850. The Bertz CT molecular complexity index is 568. The second kappa shape index (κ2) is 3.88. The lowest BCUT2D eigenvalue weighted by Gasteiger charge is -2.51. The van der Waals surface area contributed by atoms with Gasteiger partial charge in [0.25, 0.3) is 0 Å². The van der Waals surface area contributed by atoms with E-state index in [1.54, 1.807) is 0 Å². The normalized spacial score (nSPS) is 62.9. The average Bonchev–Trinajstić information content (AvgIpc) is 2.93. The quantitative estimate of drug-likeness (QED) is 0.744. The van der Waals surface area contributed by atoms with Gasteiger partial charge in [-0.1, -0.05) is 33.8 Å². The minimum Gasteiger partial charge on any atom is -0.392 e. The Morgan fingerprint density at radius 3 is 2.59 bits per heavy atom. The van der Waals surface area contributed by atoms with E-state index in [0.717, 1.165) is 25.7 Å². The zero-order valence-corrected chi connectivity index (χ0v) is 14.5. The zero-order chi connectivity index (χ0) is 16.1. The number of hydrogen-bond acceptors (Lipinski definition) is 2. The van der Waals surface area contributed by atoms with Gasteiger partial charge in [0.2, 0.25) is 0 Å². The summed E-state index contributed by atoms with van der Waals surface area (Å²) in [7, 11) is 0. The van der Waals surface area contributed by atoms with Gasteiger partial charge in [0.1, 0.15) is 5.78 Å². The van der Waals surface area contributed by atoms with Crippen molar-refractivity contribution in [3.63, 3.8) is 0 Å². The Balaban J connectivity index is 1.96. The molecule has 0 bridgehead atoms. The molecule has 0 heterocycles. The standard InChI is InChI=1S/C20H30O2/c1-6-17(4)11-14-18(5)12(2)7-9-19(13(3)16(17)22)10-8-15(21)20(14,18)19/h6,12-14,16,22H,1,7-11H2,2-5H3/t12-,13+,14-,16+,17-,18+,19+,20?/m1/s1. The van der Waals surface area contributed by atoms with Crippen molar-refractivity contribution in [1.29, 1.82) is 0 Å². The van der Waals surface area contributed by atoms with Crippen LogP contribution in [0.2, 0.25) is 0 Å². The summed E-state index contributed by atoms with van der Waals surface area (Å²) in [6.45, 7) is 13.1. The maximum atomic E-state index is 13.1. The van der Waals surface area contributed by atoms with Gasteiger partial charge in [0.05, 0.1) is 6.10 Å². The Hall–Kier alpha value is -0.630. The molecule has 0 aliphatic heterocycles. The molecule has 2 nitrogen and oxygen atoms in total. The molecule has 1 spiro atoms. The monoisotopic (exact) mass is 302 g/mol. The van der Waals surface area contributed by atoms with Crippen LogP contribution in [-0.2, 0) is 4.79 Å². The van der Waals surface area contributed by atoms with Crippen LogP contribution in [0.1, 0.15) is 59.8 Å². The predicted molar refractivity (Wildman–Crippen MR) is 87.2 cm³/mol. The van der Waals surface area contributed by atoms with Gasteiger partial charge in [-0.15, -0.1) is 6.58 Å². The highest BCUT2D eigenvalue weighted by Gasteiger charge is 2.89. The lowest BCUT2D eigenvalue weighted by molar-refractivity contribution is -0.133. The Morgan fingerprint density at radius 1 is 1.27 bits per heavy atom. The van der Waals surface area contributed by atoms with Crippen molar-refractivity contribution < 1.29 is 9.90 Å². The fourth-order valence-electron chi connectivity index (χ4n) is 7.77. The first-order chi connectivity index (χ1) is 10.2. The maximum Gasteiger partial charge on any atom is 0.140 e. The Kier molecular flexibility index (Phi) is 2.63. The van der Waals surface area contributed by atoms with E-state index in [4.69, 9.17) is 0 Å². The average molecular weight is 302 g/mol. The molecule has 0 aromatic heterocycles. The van der Waals surface area contributed by atoms with E-state index in [1.165, 1.54) is 6.42 Å². The summed E-state index contributed by atoms with van der Waals surface area (Å²) >= 11 is 0. The number of fused-ring (bicyclic) bond motifs is 1. The van der Waals surface area contributed by atoms with Gasteiger partial charge >= 0.3 is 0 Å². The second-order valence-corrected chi connectivity index (χ2v) is 9.31. The number of carbonyl (C=O) groups excluding carboxylic acids is 1. The van der Waals surface area contributed by atoms with E-state index in [0.29, 0.717) is 17.6 Å². The summed E-state index contributed by atoms with van der Waals surface area (Å²) in [6.07, 6.45) is 6.58. The molecule has 8 atom stereocenters. The Morgan fingerprint density at radius 2 is 1.95 bits per heavy atom. The van der Waals surface area contributed by atoms with Crippen molar-refractivity contribution in [1.82, 2.24) is 0 Å². The van der Waals surface area contributed by atoms with Crippen LogP contribution in [0, 0.1) is 39.4 Å². The third-order valence-electron chi connectivity index (χ3n) is 9.21. The highest BCUT2D eigenvalue weighted by Crippen LogP contribution is 2.90. The van der Waals surface area contributed by atoms with Crippen LogP contribution in [0.5, 0.6) is 0 Å². The third kappa shape index (κ3) is 1.15. The molecule has 1 unspecified atom stereocenters. The first kappa shape index (κ1) is 14.9. The summed E-state index contributed by atoms with van der Waals surface area (Å²) in [5, 5.41) is 11.1. The Labute approximate surface area is 134 Å². The summed E-state index contributed by atoms with van der Waals surface area (Å²) in [5.41, 5.74) is -0.212. The van der Waals surface area contributed by atoms with Crippen LogP contribution < -0.4 is 0 Å². The molecule has 0 radical (unpaired) electrons. The van der Waals surface area contributed by atoms with E-state index < -0.39 is 0 Å². The number of hydrogen-bond donors (Lipinski definition) is 1. The van der Waals surface area contributed by atoms with Crippen LogP contribution in [-0.4, -0.2) is 17.0 Å². The first-order valence-electron chi connectivity index (χ1n) is 9.07. The predicted octanol–water partition coefficient (Wildman–Crippen LogP) is 3.98. The number of Topliss-reactive ketones (excluding diaryl/α,β-unsaturated/α-hetero) is 1. The van der Waals surface area contributed by atoms with Gasteiger partial charge in [0.15, 0.2) is 0 Å². The summed E-state index contributed by atoms with van der Waals surface area (Å²) < 4.78 is 0. The van der Waals surface area contributed by atoms with Crippen molar-refractivity contribution in [3.05, 3.63) is 12.7 Å². The number of carbonyl (C=O) groups is 1. The third-order valence-corrected chi connectivity index (χ3v) is 9.21. The van der Waals surface area contributed by atoms with E-state index in [-0.39, 0.29) is 33.7 Å². The largest absolute Gasteiger partial charge is 0.392 e. The molecular formula is C20H30O2. The molecule has 2 heteroatoms. The highest BCUT2D eigenvalue weighted by atomic mass is 16.3. The van der Waals surface area contributed by atoms with Gasteiger partial charge in [-0.25, -0.2) is 0 Å². The summed E-state index contributed by atoms with van der Waals surface area (Å²) in [6, 6.07) is 0. The minimum atomic E-state index is -0.377. The van der Waals surface area contributed by atoms with Crippen LogP contribution in [0.15, 0.2) is 12.7 Å². The SMILES string of the molecule is C=C[C@]1(C)C[C@H]2C34C(=O)CC[C@@]3(CC[C@@H](C)[C@@]24C)[C@@H](C)[C@@H]1O. The van der Waals surface area contributed by atoms with E-state index in [2.05, 4.69) is 34.3 Å². The van der Waals surface area contributed by atoms with Crippen LogP contribution in [0.25, 0.3) is 0 Å². The van der Waals surface area contributed by atoms with Gasteiger partial charge in [-0.2, -0.15) is 0 Å². The molecule has 4 aliphatic rings. The number of aliphatic hydroxyl groups excluding tert-OH is 1. The molecule has 0 aromatic carbocycles. The molecule has 122 valence electrons. The van der Waals surface area contributed by atoms with Crippen molar-refractivity contribution in [2.75, 3.05) is 0 Å². The molecule has 4 saturated carbocycles. The molecule has 4 fully saturated rings. The highest BCUT2D eigenvalue weighted by molar-refractivity contribution is 5.94. The summed E-state index contributed by atoms with van der Waals surface area (Å²) in [5.74, 6) is 1.75. The summed E-state index contributed by atoms with van der Waals surface area (Å²) in [4.78, 5) is 13.1. The molecule has 0 saturated heterocycles. The lowest BCUT2D eigenvalue weighted by atomic mass is 9.53. The smallest absolute Gasteiger partial charge is 0.140 e. The van der Waals surface area contributed by atoms with Crippen LogP contribution in [0.4, 0.5) is 0 Å². The number of rotatable bonds is 1. The van der Waals surface area contributed by atoms with Gasteiger partial charge in [-0.05, 0) is 54.3 Å². The topological polar surface area (TPSA) is 37.3 Å². The molecule has 0 aromatic rings. The van der Waals surface area contributed by atoms with Crippen molar-refractivity contribution in [3.8, 4) is 0 Å². The molecule has 4 aliphatic carbocycles. The van der Waals surface area contributed by atoms with Crippen molar-refractivity contribution >= 4 is 5.78 Å². The fourth-order valence-corrected chi connectivity index (χ4v) is 7.77. The van der Waals surface area contributed by atoms with E-state index >= 15 is 0 Å². The second-order valence-electron chi connectivity index (χ2n) is 9.31. The molecule has 4 rings (SSSR count). The number of ketones is 1. The van der Waals surface area contributed by atoms with Crippen LogP contribution in [0.3, 0.4) is 0 Å². The molecular weight excluding hydrogens is 272 g/mol. The molecule has 22 heavy (non-hydrogen) atoms. The van der Waals surface area contributed by atoms with E-state index in [1.807, 2.05) is 6.08 Å². The van der Waals surface area contributed by atoms with Gasteiger partial charge in [-0.3, -0.25) is 4.79 Å². The van der Waals surface area contributed by atoms with Gasteiger partial charge < -0.3 is 5.11 Å².